The van der Waals surface area contributed by atoms with E-state index in [-0.39, 0.29) is 29.6 Å². The molecule has 0 aliphatic carbocycles. The summed E-state index contributed by atoms with van der Waals surface area (Å²) in [4.78, 5) is 15.7. The van der Waals surface area contributed by atoms with Crippen molar-refractivity contribution in [2.75, 3.05) is 36.5 Å². The van der Waals surface area contributed by atoms with Crippen LogP contribution >= 0.6 is 0 Å². The molecule has 2 heterocycles. The Morgan fingerprint density at radius 3 is 2.42 bits per heavy atom. The first kappa shape index (κ1) is 17.0. The van der Waals surface area contributed by atoms with Crippen LogP contribution in [0.2, 0.25) is 0 Å². The molecule has 0 bridgehead atoms. The van der Waals surface area contributed by atoms with Crippen LogP contribution in [0.3, 0.4) is 0 Å². The van der Waals surface area contributed by atoms with Crippen molar-refractivity contribution in [1.82, 2.24) is 4.90 Å². The molecule has 2 fully saturated rings. The number of carbonyl (C=O) groups excluding carboxylic acids is 1. The average Bonchev–Trinajstić information content (AvgIpc) is 3.03. The lowest BCUT2D eigenvalue weighted by atomic mass is 10.1. The molecule has 1 N–H and O–H groups in total. The molecule has 0 radical (unpaired) electrons. The highest BCUT2D eigenvalue weighted by Gasteiger charge is 2.29. The van der Waals surface area contributed by atoms with Crippen LogP contribution in [0.25, 0.3) is 0 Å². The topological polar surface area (TPSA) is 44.8 Å². The zero-order valence-electron chi connectivity index (χ0n) is 14.0. The van der Waals surface area contributed by atoms with Crippen molar-refractivity contribution >= 4 is 17.4 Å². The molecule has 1 aromatic rings. The third-order valence-corrected chi connectivity index (χ3v) is 4.84. The van der Waals surface area contributed by atoms with Crippen LogP contribution in [0.1, 0.15) is 26.7 Å². The van der Waals surface area contributed by atoms with Crippen molar-refractivity contribution in [2.24, 2.45) is 0 Å². The van der Waals surface area contributed by atoms with Crippen LogP contribution in [-0.4, -0.2) is 49.3 Å². The lowest BCUT2D eigenvalue weighted by molar-refractivity contribution is -0.0355. The summed E-state index contributed by atoms with van der Waals surface area (Å²) in [6.45, 7) is 6.00. The fourth-order valence-corrected chi connectivity index (χ4v) is 3.30. The zero-order chi connectivity index (χ0) is 17.3. The van der Waals surface area contributed by atoms with Gasteiger partial charge in [-0.1, -0.05) is 0 Å². The van der Waals surface area contributed by atoms with Crippen LogP contribution < -0.4 is 10.2 Å². The summed E-state index contributed by atoms with van der Waals surface area (Å²) in [5, 5.41) is 2.59. The second kappa shape index (κ2) is 6.93. The van der Waals surface area contributed by atoms with Crippen LogP contribution in [-0.2, 0) is 4.74 Å². The summed E-state index contributed by atoms with van der Waals surface area (Å²) in [6, 6.07) is 1.90. The third kappa shape index (κ3) is 3.31. The van der Waals surface area contributed by atoms with Crippen molar-refractivity contribution in [2.45, 2.75) is 38.8 Å². The van der Waals surface area contributed by atoms with Crippen molar-refractivity contribution in [3.8, 4) is 0 Å². The number of hydrogen-bond donors (Lipinski definition) is 1. The number of benzene rings is 1. The first-order valence-corrected chi connectivity index (χ1v) is 8.40. The van der Waals surface area contributed by atoms with Gasteiger partial charge in [0.05, 0.1) is 18.8 Å². The van der Waals surface area contributed by atoms with Crippen LogP contribution in [0.4, 0.5) is 25.0 Å². The number of morpholine rings is 1. The molecule has 2 aliphatic heterocycles. The predicted molar refractivity (Wildman–Crippen MR) is 88.4 cm³/mol. The number of hydrogen-bond acceptors (Lipinski definition) is 3. The number of rotatable bonds is 2. The van der Waals surface area contributed by atoms with Crippen molar-refractivity contribution in [3.05, 3.63) is 23.8 Å². The third-order valence-electron chi connectivity index (χ3n) is 4.84. The number of nitrogens with one attached hydrogen (secondary N) is 1. The summed E-state index contributed by atoms with van der Waals surface area (Å²) in [6.07, 6.45) is 1.80. The molecular weight excluding hydrogens is 316 g/mol. The Morgan fingerprint density at radius 1 is 1.17 bits per heavy atom. The van der Waals surface area contributed by atoms with E-state index in [4.69, 9.17) is 4.74 Å². The molecule has 24 heavy (non-hydrogen) atoms. The lowest BCUT2D eigenvalue weighted by Gasteiger charge is -2.37. The van der Waals surface area contributed by atoms with E-state index < -0.39 is 11.6 Å². The maximum atomic E-state index is 14.3. The van der Waals surface area contributed by atoms with Gasteiger partial charge in [0, 0.05) is 25.3 Å². The number of amides is 2. The molecule has 7 heteroatoms. The molecule has 132 valence electrons. The number of halogens is 2. The minimum absolute atomic E-state index is 0.00105. The van der Waals surface area contributed by atoms with Crippen molar-refractivity contribution in [3.63, 3.8) is 0 Å². The van der Waals surface area contributed by atoms with Gasteiger partial charge < -0.3 is 19.9 Å². The van der Waals surface area contributed by atoms with Gasteiger partial charge in [-0.2, -0.15) is 0 Å². The number of urea groups is 1. The van der Waals surface area contributed by atoms with E-state index in [1.165, 1.54) is 12.1 Å². The van der Waals surface area contributed by atoms with E-state index in [2.05, 4.69) is 5.32 Å². The van der Waals surface area contributed by atoms with Gasteiger partial charge >= 0.3 is 6.03 Å². The Kier molecular flexibility index (Phi) is 4.89. The monoisotopic (exact) mass is 339 g/mol. The Labute approximate surface area is 140 Å². The minimum atomic E-state index is -0.643. The summed E-state index contributed by atoms with van der Waals surface area (Å²) in [5.74, 6) is -1.29. The molecular formula is C17H23F2N3O2. The molecule has 0 unspecified atom stereocenters. The van der Waals surface area contributed by atoms with E-state index in [9.17, 15) is 13.6 Å². The smallest absolute Gasteiger partial charge is 0.322 e. The van der Waals surface area contributed by atoms with E-state index in [0.29, 0.717) is 26.2 Å². The van der Waals surface area contributed by atoms with Gasteiger partial charge in [-0.05, 0) is 38.8 Å². The zero-order valence-corrected chi connectivity index (χ0v) is 14.0. The molecule has 5 nitrogen and oxygen atoms in total. The summed E-state index contributed by atoms with van der Waals surface area (Å²) in [5.41, 5.74) is 0.128. The SMILES string of the molecule is C[C@@H]1OCCN(C(=O)Nc2cc(F)c(N3CCCC3)c(F)c2)[C@H]1C. The van der Waals surface area contributed by atoms with E-state index in [1.54, 1.807) is 9.80 Å². The summed E-state index contributed by atoms with van der Waals surface area (Å²) >= 11 is 0. The standard InChI is InChI=1S/C17H23F2N3O2/c1-11-12(2)24-8-7-22(11)17(23)20-13-9-14(18)16(15(19)10-13)21-5-3-4-6-21/h9-12H,3-8H2,1-2H3,(H,20,23)/t11-,12-/m0/s1. The molecule has 0 aromatic heterocycles. The van der Waals surface area contributed by atoms with E-state index in [1.807, 2.05) is 13.8 Å². The lowest BCUT2D eigenvalue weighted by Crippen LogP contribution is -2.52. The highest BCUT2D eigenvalue weighted by atomic mass is 19.1. The van der Waals surface area contributed by atoms with E-state index >= 15 is 0 Å². The van der Waals surface area contributed by atoms with Crippen LogP contribution in [0, 0.1) is 11.6 Å². The van der Waals surface area contributed by atoms with Gasteiger partial charge in [-0.25, -0.2) is 13.6 Å². The van der Waals surface area contributed by atoms with Gasteiger partial charge in [0.1, 0.15) is 5.69 Å². The molecule has 3 rings (SSSR count). The van der Waals surface area contributed by atoms with Gasteiger partial charge in [0.15, 0.2) is 11.6 Å². The van der Waals surface area contributed by atoms with Gasteiger partial charge in [-0.3, -0.25) is 0 Å². The molecule has 0 spiro atoms. The van der Waals surface area contributed by atoms with Gasteiger partial charge in [0.25, 0.3) is 0 Å². The Morgan fingerprint density at radius 2 is 1.79 bits per heavy atom. The predicted octanol–water partition coefficient (Wildman–Crippen LogP) is 3.21. The summed E-state index contributed by atoms with van der Waals surface area (Å²) < 4.78 is 34.1. The maximum Gasteiger partial charge on any atom is 0.322 e. The molecule has 2 aliphatic rings. The Hall–Kier alpha value is -1.89. The largest absolute Gasteiger partial charge is 0.375 e. The minimum Gasteiger partial charge on any atom is -0.375 e. The number of ether oxygens (including phenoxy) is 1. The summed E-state index contributed by atoms with van der Waals surface area (Å²) in [7, 11) is 0. The Bertz CT molecular complexity index is 597. The molecule has 0 saturated carbocycles. The fourth-order valence-electron chi connectivity index (χ4n) is 3.30. The van der Waals surface area contributed by atoms with Crippen molar-refractivity contribution < 1.29 is 18.3 Å². The molecule has 2 saturated heterocycles. The first-order valence-electron chi connectivity index (χ1n) is 8.40. The van der Waals surface area contributed by atoms with E-state index in [0.717, 1.165) is 12.8 Å². The normalized spacial score (nSPS) is 24.3. The Balaban J connectivity index is 1.74. The second-order valence-corrected chi connectivity index (χ2v) is 6.42. The number of carbonyl (C=O) groups is 1. The number of anilines is 2. The van der Waals surface area contributed by atoms with Crippen LogP contribution in [0.5, 0.6) is 0 Å². The highest BCUT2D eigenvalue weighted by Crippen LogP contribution is 2.30. The van der Waals surface area contributed by atoms with Crippen molar-refractivity contribution in [1.29, 1.82) is 0 Å². The highest BCUT2D eigenvalue weighted by molar-refractivity contribution is 5.90. The maximum absolute atomic E-state index is 14.3. The van der Waals surface area contributed by atoms with Gasteiger partial charge in [-0.15, -0.1) is 0 Å². The van der Waals surface area contributed by atoms with Gasteiger partial charge in [0.2, 0.25) is 0 Å². The first-order chi connectivity index (χ1) is 11.5. The van der Waals surface area contributed by atoms with Crippen LogP contribution in [0.15, 0.2) is 12.1 Å². The molecule has 2 atom stereocenters. The molecule has 2 amide bonds. The quantitative estimate of drug-likeness (QED) is 0.900. The second-order valence-electron chi connectivity index (χ2n) is 6.42. The average molecular weight is 339 g/mol. The fraction of sp³-hybridized carbons (Fsp3) is 0.588. The molecule has 1 aromatic carbocycles. The number of nitrogens with zero attached hydrogens (tertiary/aromatic N) is 2.